The van der Waals surface area contributed by atoms with E-state index in [4.69, 9.17) is 0 Å². The molecule has 0 aliphatic rings. The number of hydrogen-bond donors (Lipinski definition) is 1. The van der Waals surface area contributed by atoms with Crippen molar-refractivity contribution in [3.63, 3.8) is 0 Å². The maximum Gasteiger partial charge on any atom is 0.257 e. The number of carbonyl (C=O) groups excluding carboxylic acids is 1. The summed E-state index contributed by atoms with van der Waals surface area (Å²) in [5.74, 6) is 0.406. The molecule has 1 aromatic heterocycles. The molecule has 0 fully saturated rings. The molecule has 10 heteroatoms. The fourth-order valence-electron chi connectivity index (χ4n) is 2.57. The van der Waals surface area contributed by atoms with E-state index in [0.29, 0.717) is 10.7 Å². The van der Waals surface area contributed by atoms with Crippen molar-refractivity contribution in [1.29, 1.82) is 0 Å². The van der Waals surface area contributed by atoms with E-state index >= 15 is 0 Å². The number of hydrogen-bond acceptors (Lipinski definition) is 7. The van der Waals surface area contributed by atoms with Crippen LogP contribution in [0.3, 0.4) is 0 Å². The van der Waals surface area contributed by atoms with Gasteiger partial charge in [0.2, 0.25) is 15.2 Å². The number of sulfonamides is 1. The van der Waals surface area contributed by atoms with E-state index in [2.05, 4.69) is 47.6 Å². The largest absolute Gasteiger partial charge is 0.296 e. The number of aryl methyl sites for hydroxylation is 2. The van der Waals surface area contributed by atoms with Crippen molar-refractivity contribution in [2.75, 3.05) is 19.4 Å². The number of aromatic nitrogens is 2. The van der Waals surface area contributed by atoms with Gasteiger partial charge in [-0.1, -0.05) is 46.9 Å². The summed E-state index contributed by atoms with van der Waals surface area (Å²) in [4.78, 5) is 12.6. The summed E-state index contributed by atoms with van der Waals surface area (Å²) in [5, 5.41) is 11.3. The van der Waals surface area contributed by atoms with E-state index in [0.717, 1.165) is 14.4 Å². The van der Waals surface area contributed by atoms with Crippen LogP contribution in [0.1, 0.15) is 27.0 Å². The van der Waals surface area contributed by atoms with E-state index < -0.39 is 10.0 Å². The molecule has 0 spiro atoms. The zero-order chi connectivity index (χ0) is 21.9. The Morgan fingerprint density at radius 3 is 2.47 bits per heavy atom. The Morgan fingerprint density at radius 2 is 1.80 bits per heavy atom. The molecule has 0 radical (unpaired) electrons. The second kappa shape index (κ2) is 9.25. The van der Waals surface area contributed by atoms with Crippen molar-refractivity contribution in [2.24, 2.45) is 0 Å². The molecule has 30 heavy (non-hydrogen) atoms. The first-order valence-electron chi connectivity index (χ1n) is 9.03. The van der Waals surface area contributed by atoms with Crippen molar-refractivity contribution in [3.8, 4) is 0 Å². The van der Waals surface area contributed by atoms with Crippen molar-refractivity contribution in [3.05, 3.63) is 64.7 Å². The molecular weight excluding hydrogens is 440 g/mol. The summed E-state index contributed by atoms with van der Waals surface area (Å²) in [7, 11) is -0.612. The molecular formula is C20H22N4O3S3. The van der Waals surface area contributed by atoms with Crippen LogP contribution in [-0.2, 0) is 15.8 Å². The Hall–Kier alpha value is -2.27. The Kier molecular flexibility index (Phi) is 6.91. The van der Waals surface area contributed by atoms with Crippen LogP contribution >= 0.6 is 23.1 Å². The van der Waals surface area contributed by atoms with Gasteiger partial charge >= 0.3 is 0 Å². The maximum atomic E-state index is 12.4. The minimum absolute atomic E-state index is 0.130. The second-order valence-electron chi connectivity index (χ2n) is 6.86. The fraction of sp³-hybridized carbons (Fsp3) is 0.250. The van der Waals surface area contributed by atoms with E-state index in [9.17, 15) is 13.2 Å². The predicted octanol–water partition coefficient (Wildman–Crippen LogP) is 3.95. The predicted molar refractivity (Wildman–Crippen MR) is 121 cm³/mol. The first kappa shape index (κ1) is 22.4. The molecule has 3 aromatic rings. The number of carbonyl (C=O) groups is 1. The molecule has 0 saturated carbocycles. The topological polar surface area (TPSA) is 92.3 Å². The van der Waals surface area contributed by atoms with E-state index in [1.807, 2.05) is 0 Å². The molecule has 158 valence electrons. The number of thioether (sulfide) groups is 1. The van der Waals surface area contributed by atoms with Gasteiger partial charge in [0.05, 0.1) is 4.90 Å². The van der Waals surface area contributed by atoms with Gasteiger partial charge in [-0.2, -0.15) is 0 Å². The van der Waals surface area contributed by atoms with Gasteiger partial charge in [-0.15, -0.1) is 10.2 Å². The zero-order valence-corrected chi connectivity index (χ0v) is 19.5. The summed E-state index contributed by atoms with van der Waals surface area (Å²) in [6.45, 7) is 4.14. The number of anilines is 1. The quantitative estimate of drug-likeness (QED) is 0.422. The third kappa shape index (κ3) is 5.25. The van der Waals surface area contributed by atoms with Crippen molar-refractivity contribution in [2.45, 2.75) is 28.8 Å². The Morgan fingerprint density at radius 1 is 1.10 bits per heavy atom. The third-order valence-corrected chi connectivity index (χ3v) is 8.23. The Labute approximate surface area is 184 Å². The lowest BCUT2D eigenvalue weighted by molar-refractivity contribution is 0.102. The molecule has 0 bridgehead atoms. The van der Waals surface area contributed by atoms with Crippen molar-refractivity contribution >= 4 is 44.2 Å². The Bertz CT molecular complexity index is 1160. The monoisotopic (exact) mass is 462 g/mol. The van der Waals surface area contributed by atoms with E-state index in [-0.39, 0.29) is 10.8 Å². The average Bonchev–Trinajstić information content (AvgIpc) is 3.16. The fourth-order valence-corrected chi connectivity index (χ4v) is 5.28. The highest BCUT2D eigenvalue weighted by Gasteiger charge is 2.18. The summed E-state index contributed by atoms with van der Waals surface area (Å²) in [5.41, 5.74) is 4.03. The van der Waals surface area contributed by atoms with Crippen LogP contribution in [0.4, 0.5) is 5.13 Å². The highest BCUT2D eigenvalue weighted by Crippen LogP contribution is 2.29. The van der Waals surface area contributed by atoms with Crippen LogP contribution < -0.4 is 5.32 Å². The van der Waals surface area contributed by atoms with Gasteiger partial charge in [-0.25, -0.2) is 12.7 Å². The summed E-state index contributed by atoms with van der Waals surface area (Å²) in [6.07, 6.45) is 0. The molecule has 0 aliphatic carbocycles. The highest BCUT2D eigenvalue weighted by molar-refractivity contribution is 8.00. The smallest absolute Gasteiger partial charge is 0.257 e. The van der Waals surface area contributed by atoms with E-state index in [1.165, 1.54) is 66.4 Å². The van der Waals surface area contributed by atoms with Crippen molar-refractivity contribution in [1.82, 2.24) is 14.5 Å². The summed E-state index contributed by atoms with van der Waals surface area (Å²) < 4.78 is 26.1. The highest BCUT2D eigenvalue weighted by atomic mass is 32.2. The second-order valence-corrected chi connectivity index (χ2v) is 11.2. The van der Waals surface area contributed by atoms with Gasteiger partial charge in [0.1, 0.15) is 0 Å². The number of nitrogens with zero attached hydrogens (tertiary/aromatic N) is 3. The molecule has 2 aromatic carbocycles. The molecule has 7 nitrogen and oxygen atoms in total. The van der Waals surface area contributed by atoms with Gasteiger partial charge in [-0.05, 0) is 49.2 Å². The van der Waals surface area contributed by atoms with Gasteiger partial charge in [0.25, 0.3) is 5.91 Å². The molecule has 0 atom stereocenters. The third-order valence-electron chi connectivity index (χ3n) is 4.38. The standard InChI is InChI=1S/C20H22N4O3S3/c1-13-5-6-14(2)16(11-13)12-28-20-23-22-19(29-20)21-18(25)15-7-9-17(10-8-15)30(26,27)24(3)4/h5-11H,12H2,1-4H3,(H,21,22,25). The van der Waals surface area contributed by atoms with E-state index in [1.54, 1.807) is 11.8 Å². The maximum absolute atomic E-state index is 12.4. The van der Waals surface area contributed by atoms with Crippen LogP contribution in [0.15, 0.2) is 51.7 Å². The van der Waals surface area contributed by atoms with Crippen LogP contribution in [0.5, 0.6) is 0 Å². The SMILES string of the molecule is Cc1ccc(C)c(CSc2nnc(NC(=O)c3ccc(S(=O)(=O)N(C)C)cc3)s2)c1. The van der Waals surface area contributed by atoms with Gasteiger partial charge in [0, 0.05) is 25.4 Å². The zero-order valence-electron chi connectivity index (χ0n) is 17.0. The van der Waals surface area contributed by atoms with Gasteiger partial charge in [-0.3, -0.25) is 10.1 Å². The molecule has 0 aliphatic heterocycles. The lowest BCUT2D eigenvalue weighted by atomic mass is 10.1. The normalized spacial score (nSPS) is 11.6. The van der Waals surface area contributed by atoms with Gasteiger partial charge < -0.3 is 0 Å². The lowest BCUT2D eigenvalue weighted by Crippen LogP contribution is -2.22. The molecule has 1 heterocycles. The minimum Gasteiger partial charge on any atom is -0.296 e. The van der Waals surface area contributed by atoms with Crippen LogP contribution in [0, 0.1) is 13.8 Å². The van der Waals surface area contributed by atoms with Crippen molar-refractivity contribution < 1.29 is 13.2 Å². The number of benzene rings is 2. The first-order valence-corrected chi connectivity index (χ1v) is 12.3. The molecule has 1 N–H and O–H groups in total. The van der Waals surface area contributed by atoms with Gasteiger partial charge in [0.15, 0.2) is 4.34 Å². The first-order chi connectivity index (χ1) is 14.2. The number of amides is 1. The summed E-state index contributed by atoms with van der Waals surface area (Å²) >= 11 is 2.87. The van der Waals surface area contributed by atoms with Crippen LogP contribution in [-0.4, -0.2) is 42.9 Å². The molecule has 0 unspecified atom stereocenters. The van der Waals surface area contributed by atoms with Crippen LogP contribution in [0.2, 0.25) is 0 Å². The molecule has 1 amide bonds. The molecule has 0 saturated heterocycles. The number of rotatable bonds is 7. The Balaban J connectivity index is 1.63. The molecule has 3 rings (SSSR count). The summed E-state index contributed by atoms with van der Waals surface area (Å²) in [6, 6.07) is 12.1. The van der Waals surface area contributed by atoms with Crippen LogP contribution in [0.25, 0.3) is 0 Å². The lowest BCUT2D eigenvalue weighted by Gasteiger charge is -2.11. The minimum atomic E-state index is -3.53. The number of nitrogens with one attached hydrogen (secondary N) is 1. The average molecular weight is 463 g/mol.